The highest BCUT2D eigenvalue weighted by atomic mass is 16.7. The first-order valence-electron chi connectivity index (χ1n) is 13.0. The Labute approximate surface area is 220 Å². The Morgan fingerprint density at radius 3 is 1.70 bits per heavy atom. The van der Waals surface area contributed by atoms with Gasteiger partial charge in [-0.3, -0.25) is 0 Å². The first kappa shape index (κ1) is 23.7. The van der Waals surface area contributed by atoms with Gasteiger partial charge in [0, 0.05) is 0 Å². The van der Waals surface area contributed by atoms with Crippen LogP contribution in [0.1, 0.15) is 27.7 Å². The van der Waals surface area contributed by atoms with Gasteiger partial charge in [-0.15, -0.1) is 0 Å². The summed E-state index contributed by atoms with van der Waals surface area (Å²) < 4.78 is 12.6. The van der Waals surface area contributed by atoms with Gasteiger partial charge in [0.25, 0.3) is 0 Å². The molecule has 0 aliphatic carbocycles. The van der Waals surface area contributed by atoms with E-state index in [9.17, 15) is 0 Å². The molecule has 1 saturated heterocycles. The minimum atomic E-state index is -0.357. The molecular weight excluding hydrogens is 451 g/mol. The van der Waals surface area contributed by atoms with Crippen LogP contribution >= 0.6 is 0 Å². The molecular formula is C34H31BO2. The lowest BCUT2D eigenvalue weighted by molar-refractivity contribution is 0.00578. The minimum Gasteiger partial charge on any atom is -0.399 e. The zero-order chi connectivity index (χ0) is 25.6. The molecule has 0 amide bonds. The van der Waals surface area contributed by atoms with Gasteiger partial charge in [0.15, 0.2) is 0 Å². The molecule has 0 radical (unpaired) electrons. The zero-order valence-corrected chi connectivity index (χ0v) is 21.9. The molecule has 0 atom stereocenters. The SMILES string of the molecule is CC1(C)OB(c2ccc3cc(-c4ccc(-c5ccccc5)cc4-c4ccccc4)ccc3c2)OC1(C)C. The fourth-order valence-corrected chi connectivity index (χ4v) is 5.02. The highest BCUT2D eigenvalue weighted by molar-refractivity contribution is 6.62. The van der Waals surface area contributed by atoms with E-state index in [1.165, 1.54) is 44.2 Å². The molecule has 1 aliphatic rings. The zero-order valence-electron chi connectivity index (χ0n) is 21.9. The summed E-state index contributed by atoms with van der Waals surface area (Å²) in [7, 11) is -0.357. The Bertz CT molecular complexity index is 1560. The number of hydrogen-bond donors (Lipinski definition) is 0. The summed E-state index contributed by atoms with van der Waals surface area (Å²) in [6.45, 7) is 8.36. The third-order valence-electron chi connectivity index (χ3n) is 7.91. The van der Waals surface area contributed by atoms with Crippen molar-refractivity contribution in [2.24, 2.45) is 0 Å². The van der Waals surface area contributed by atoms with Crippen LogP contribution in [0.25, 0.3) is 44.2 Å². The van der Waals surface area contributed by atoms with Gasteiger partial charge in [-0.2, -0.15) is 0 Å². The molecule has 182 valence electrons. The van der Waals surface area contributed by atoms with E-state index in [0.29, 0.717) is 0 Å². The second-order valence-electron chi connectivity index (χ2n) is 10.9. The normalized spacial score (nSPS) is 16.3. The van der Waals surface area contributed by atoms with Crippen molar-refractivity contribution < 1.29 is 9.31 Å². The molecule has 37 heavy (non-hydrogen) atoms. The van der Waals surface area contributed by atoms with Crippen LogP contribution in [-0.2, 0) is 9.31 Å². The molecule has 2 nitrogen and oxygen atoms in total. The number of fused-ring (bicyclic) bond motifs is 1. The van der Waals surface area contributed by atoms with Crippen LogP contribution in [0.5, 0.6) is 0 Å². The van der Waals surface area contributed by atoms with E-state index in [4.69, 9.17) is 9.31 Å². The number of hydrogen-bond acceptors (Lipinski definition) is 2. The van der Waals surface area contributed by atoms with Crippen LogP contribution in [0.4, 0.5) is 0 Å². The van der Waals surface area contributed by atoms with Crippen molar-refractivity contribution in [2.45, 2.75) is 38.9 Å². The van der Waals surface area contributed by atoms with E-state index in [0.717, 1.165) is 5.46 Å². The smallest absolute Gasteiger partial charge is 0.399 e. The maximum absolute atomic E-state index is 6.28. The van der Waals surface area contributed by atoms with Crippen LogP contribution in [0.2, 0.25) is 0 Å². The summed E-state index contributed by atoms with van der Waals surface area (Å²) in [6.07, 6.45) is 0. The largest absolute Gasteiger partial charge is 0.494 e. The second kappa shape index (κ2) is 9.02. The Balaban J connectivity index is 1.40. The van der Waals surface area contributed by atoms with E-state index in [1.54, 1.807) is 0 Å². The fourth-order valence-electron chi connectivity index (χ4n) is 5.02. The molecule has 1 fully saturated rings. The standard InChI is InChI=1S/C34H31BO2/c1-33(2)34(3,4)37-35(36-33)30-19-17-26-21-29(16-15-27(26)22-30)31-20-18-28(24-11-7-5-8-12-24)23-32(31)25-13-9-6-10-14-25/h5-23H,1-4H3. The Hall–Kier alpha value is -3.66. The lowest BCUT2D eigenvalue weighted by Gasteiger charge is -2.32. The van der Waals surface area contributed by atoms with Crippen molar-refractivity contribution in [1.29, 1.82) is 0 Å². The van der Waals surface area contributed by atoms with Gasteiger partial charge in [-0.25, -0.2) is 0 Å². The third kappa shape index (κ3) is 4.39. The quantitative estimate of drug-likeness (QED) is 0.241. The first-order chi connectivity index (χ1) is 17.8. The summed E-state index contributed by atoms with van der Waals surface area (Å²) in [5.74, 6) is 0. The molecule has 6 rings (SSSR count). The van der Waals surface area contributed by atoms with E-state index in [-0.39, 0.29) is 18.3 Å². The highest BCUT2D eigenvalue weighted by Gasteiger charge is 2.51. The summed E-state index contributed by atoms with van der Waals surface area (Å²) in [6, 6.07) is 41.2. The monoisotopic (exact) mass is 482 g/mol. The highest BCUT2D eigenvalue weighted by Crippen LogP contribution is 2.38. The summed E-state index contributed by atoms with van der Waals surface area (Å²) in [5, 5.41) is 2.38. The van der Waals surface area contributed by atoms with Gasteiger partial charge >= 0.3 is 7.12 Å². The van der Waals surface area contributed by atoms with Gasteiger partial charge in [0.2, 0.25) is 0 Å². The maximum atomic E-state index is 6.28. The molecule has 0 spiro atoms. The second-order valence-corrected chi connectivity index (χ2v) is 10.9. The first-order valence-corrected chi connectivity index (χ1v) is 13.0. The van der Waals surface area contributed by atoms with Gasteiger partial charge in [-0.05, 0) is 89.4 Å². The van der Waals surface area contributed by atoms with Gasteiger partial charge < -0.3 is 9.31 Å². The van der Waals surface area contributed by atoms with Crippen LogP contribution in [0, 0.1) is 0 Å². The van der Waals surface area contributed by atoms with Gasteiger partial charge in [0.1, 0.15) is 0 Å². The fraction of sp³-hybridized carbons (Fsp3) is 0.176. The van der Waals surface area contributed by atoms with Gasteiger partial charge in [-0.1, -0.05) is 103 Å². The lowest BCUT2D eigenvalue weighted by atomic mass is 9.78. The minimum absolute atomic E-state index is 0.351. The van der Waals surface area contributed by atoms with Crippen LogP contribution in [0.15, 0.2) is 115 Å². The molecule has 0 saturated carbocycles. The van der Waals surface area contributed by atoms with E-state index in [2.05, 4.69) is 143 Å². The lowest BCUT2D eigenvalue weighted by Crippen LogP contribution is -2.41. The van der Waals surface area contributed by atoms with Crippen molar-refractivity contribution in [3.05, 3.63) is 115 Å². The van der Waals surface area contributed by atoms with Gasteiger partial charge in [0.05, 0.1) is 11.2 Å². The number of benzene rings is 5. The Morgan fingerprint density at radius 2 is 1.03 bits per heavy atom. The van der Waals surface area contributed by atoms with Crippen molar-refractivity contribution in [2.75, 3.05) is 0 Å². The molecule has 1 aliphatic heterocycles. The Kier molecular flexibility index (Phi) is 5.79. The predicted molar refractivity (Wildman–Crippen MR) is 156 cm³/mol. The van der Waals surface area contributed by atoms with Crippen molar-refractivity contribution >= 4 is 23.4 Å². The molecule has 0 unspecified atom stereocenters. The van der Waals surface area contributed by atoms with Crippen LogP contribution in [-0.4, -0.2) is 18.3 Å². The molecule has 5 aromatic carbocycles. The molecule has 0 N–H and O–H groups in total. The topological polar surface area (TPSA) is 18.5 Å². The molecule has 0 aromatic heterocycles. The van der Waals surface area contributed by atoms with Crippen LogP contribution in [0.3, 0.4) is 0 Å². The summed E-state index contributed by atoms with van der Waals surface area (Å²) in [4.78, 5) is 0. The van der Waals surface area contributed by atoms with E-state index < -0.39 is 0 Å². The van der Waals surface area contributed by atoms with E-state index in [1.807, 2.05) is 0 Å². The van der Waals surface area contributed by atoms with E-state index >= 15 is 0 Å². The Morgan fingerprint density at radius 1 is 0.459 bits per heavy atom. The molecule has 5 aromatic rings. The molecule has 1 heterocycles. The van der Waals surface area contributed by atoms with Crippen molar-refractivity contribution in [1.82, 2.24) is 0 Å². The van der Waals surface area contributed by atoms with Crippen molar-refractivity contribution in [3.63, 3.8) is 0 Å². The average molecular weight is 482 g/mol. The predicted octanol–water partition coefficient (Wildman–Crippen LogP) is 8.14. The number of rotatable bonds is 4. The molecule has 0 bridgehead atoms. The third-order valence-corrected chi connectivity index (χ3v) is 7.91. The average Bonchev–Trinajstić information content (AvgIpc) is 3.15. The summed E-state index contributed by atoms with van der Waals surface area (Å²) >= 11 is 0. The molecule has 3 heteroatoms. The maximum Gasteiger partial charge on any atom is 0.494 e. The van der Waals surface area contributed by atoms with Crippen molar-refractivity contribution in [3.8, 4) is 33.4 Å². The summed E-state index contributed by atoms with van der Waals surface area (Å²) in [5.41, 5.74) is 7.66. The van der Waals surface area contributed by atoms with Crippen LogP contribution < -0.4 is 5.46 Å².